The molecule has 0 unspecified atom stereocenters. The van der Waals surface area contributed by atoms with Crippen molar-refractivity contribution in [3.05, 3.63) is 30.6 Å². The van der Waals surface area contributed by atoms with Crippen molar-refractivity contribution in [3.63, 3.8) is 0 Å². The van der Waals surface area contributed by atoms with Gasteiger partial charge in [0.05, 0.1) is 43.4 Å². The molecule has 11 heteroatoms. The number of aryl methyl sites for hydroxylation is 2. The molecule has 2 heterocycles. The van der Waals surface area contributed by atoms with Crippen molar-refractivity contribution in [1.82, 2.24) is 4.57 Å². The standard InChI is InChI=1S/C22H37N8.BrH.2ClH/c1-2-3-4-12-28-15-11-25-20-18-19(7-8-21(20)28)26-27-22-29(13-5-9-23)16-17-30(22)14-6-10-24;;;/h7-8,16-18,25H,2-6,9-15,23-24H2,1H3;3*1H/q+1;;;/p-2. The summed E-state index contributed by atoms with van der Waals surface area (Å²) in [5.74, 6) is 0.865. The molecule has 2 aromatic rings. The zero-order valence-corrected chi connectivity index (χ0v) is 22.6. The molecule has 33 heavy (non-hydrogen) atoms. The first kappa shape index (κ1) is 31.6. The second kappa shape index (κ2) is 17.1. The molecule has 188 valence electrons. The minimum absolute atomic E-state index is 0. The van der Waals surface area contributed by atoms with Gasteiger partial charge in [-0.1, -0.05) is 24.9 Å². The van der Waals surface area contributed by atoms with E-state index in [1.807, 2.05) is 0 Å². The van der Waals surface area contributed by atoms with E-state index in [4.69, 9.17) is 5.73 Å². The fourth-order valence-corrected chi connectivity index (χ4v) is 3.80. The highest BCUT2D eigenvalue weighted by Crippen LogP contribution is 2.33. The van der Waals surface area contributed by atoms with Crippen LogP contribution < -0.4 is 68.0 Å². The molecule has 1 aliphatic rings. The van der Waals surface area contributed by atoms with Gasteiger partial charge in [-0.15, -0.1) is 0 Å². The summed E-state index contributed by atoms with van der Waals surface area (Å²) >= 11 is 0. The molecule has 0 aliphatic carbocycles. The van der Waals surface area contributed by atoms with Gasteiger partial charge in [0.1, 0.15) is 5.69 Å². The SMILES string of the molecule is CCCCCN1CCNc2cc(N=Nc3n(CCCN)cc[n+]3CCC[NH3+])ccc21.[Br-].[Cl-].[Cl-]. The lowest BCUT2D eigenvalue weighted by atomic mass is 10.1. The van der Waals surface area contributed by atoms with Gasteiger partial charge in [0.2, 0.25) is 0 Å². The summed E-state index contributed by atoms with van der Waals surface area (Å²) in [6.07, 6.45) is 9.85. The van der Waals surface area contributed by atoms with Crippen molar-refractivity contribution >= 4 is 23.0 Å². The number of aromatic nitrogens is 2. The second-order valence-corrected chi connectivity index (χ2v) is 7.86. The van der Waals surface area contributed by atoms with E-state index in [2.05, 4.69) is 72.8 Å². The normalized spacial score (nSPS) is 12.4. The summed E-state index contributed by atoms with van der Waals surface area (Å²) < 4.78 is 4.28. The van der Waals surface area contributed by atoms with Crippen molar-refractivity contribution in [1.29, 1.82) is 0 Å². The third-order valence-electron chi connectivity index (χ3n) is 5.50. The van der Waals surface area contributed by atoms with Crippen LogP contribution in [-0.4, -0.2) is 37.3 Å². The lowest BCUT2D eigenvalue weighted by Crippen LogP contribution is -3.00. The second-order valence-electron chi connectivity index (χ2n) is 7.86. The molecule has 3 rings (SSSR count). The number of hydrogen-bond donors (Lipinski definition) is 3. The maximum absolute atomic E-state index is 5.70. The number of imidazole rings is 1. The van der Waals surface area contributed by atoms with Crippen LogP contribution in [0, 0.1) is 0 Å². The molecule has 0 radical (unpaired) electrons. The van der Waals surface area contributed by atoms with E-state index in [0.29, 0.717) is 6.54 Å². The molecule has 1 aliphatic heterocycles. The fraction of sp³-hybridized carbons (Fsp3) is 0.591. The number of hydrogen-bond acceptors (Lipinski definition) is 5. The number of unbranched alkanes of at least 4 members (excludes halogenated alkanes) is 2. The van der Waals surface area contributed by atoms with E-state index in [1.165, 1.54) is 24.9 Å². The maximum Gasteiger partial charge on any atom is 0.421 e. The summed E-state index contributed by atoms with van der Waals surface area (Å²) in [6, 6.07) is 6.35. The number of quaternary nitrogens is 1. The van der Waals surface area contributed by atoms with Gasteiger partial charge in [0.15, 0.2) is 0 Å². The number of anilines is 2. The Bertz CT molecular complexity index is 805. The first-order chi connectivity index (χ1) is 14.8. The van der Waals surface area contributed by atoms with Gasteiger partial charge in [-0.25, -0.2) is 9.13 Å². The summed E-state index contributed by atoms with van der Waals surface area (Å²) in [6.45, 7) is 8.70. The Morgan fingerprint density at radius 1 is 1.12 bits per heavy atom. The van der Waals surface area contributed by atoms with Crippen LogP contribution in [-0.2, 0) is 13.1 Å². The maximum atomic E-state index is 5.70. The molecular formula is C22H38BrCl2N8-. The molecule has 0 bridgehead atoms. The minimum atomic E-state index is 0. The Morgan fingerprint density at radius 2 is 1.94 bits per heavy atom. The van der Waals surface area contributed by atoms with E-state index in [-0.39, 0.29) is 41.8 Å². The zero-order chi connectivity index (χ0) is 21.2. The zero-order valence-electron chi connectivity index (χ0n) is 19.5. The fourth-order valence-electron chi connectivity index (χ4n) is 3.80. The number of fused-ring (bicyclic) bond motifs is 1. The van der Waals surface area contributed by atoms with Crippen LogP contribution in [0.15, 0.2) is 40.8 Å². The number of rotatable bonds is 12. The van der Waals surface area contributed by atoms with Crippen LogP contribution >= 0.6 is 0 Å². The van der Waals surface area contributed by atoms with Crippen LogP contribution in [0.25, 0.3) is 0 Å². The highest BCUT2D eigenvalue weighted by Gasteiger charge is 2.19. The first-order valence-corrected chi connectivity index (χ1v) is 11.4. The van der Waals surface area contributed by atoms with E-state index in [1.54, 1.807) is 0 Å². The molecular weight excluding hydrogens is 527 g/mol. The Balaban J connectivity index is 0.00000341. The van der Waals surface area contributed by atoms with Gasteiger partial charge in [-0.05, 0) is 37.6 Å². The predicted octanol–water partition coefficient (Wildman–Crippen LogP) is -6.39. The highest BCUT2D eigenvalue weighted by molar-refractivity contribution is 5.75. The monoisotopic (exact) mass is 563 g/mol. The smallest absolute Gasteiger partial charge is 0.421 e. The predicted molar refractivity (Wildman–Crippen MR) is 122 cm³/mol. The number of nitrogens with one attached hydrogen (secondary N) is 1. The highest BCUT2D eigenvalue weighted by atomic mass is 79.9. The molecule has 1 aromatic heterocycles. The molecule has 6 N–H and O–H groups in total. The molecule has 1 aromatic carbocycles. The van der Waals surface area contributed by atoms with Crippen LogP contribution in [0.3, 0.4) is 0 Å². The van der Waals surface area contributed by atoms with Crippen molar-refractivity contribution < 1.29 is 52.1 Å². The lowest BCUT2D eigenvalue weighted by molar-refractivity contribution is -0.686. The molecule has 0 atom stereocenters. The Morgan fingerprint density at radius 3 is 2.67 bits per heavy atom. The van der Waals surface area contributed by atoms with E-state index < -0.39 is 0 Å². The number of nitrogens with two attached hydrogens (primary N) is 1. The third kappa shape index (κ3) is 9.05. The molecule has 8 nitrogen and oxygen atoms in total. The van der Waals surface area contributed by atoms with Gasteiger partial charge in [-0.2, -0.15) is 0 Å². The number of azo groups is 1. The van der Waals surface area contributed by atoms with Crippen molar-refractivity contribution in [2.24, 2.45) is 16.0 Å². The summed E-state index contributed by atoms with van der Waals surface area (Å²) in [5, 5.41) is 12.7. The summed E-state index contributed by atoms with van der Waals surface area (Å²) in [5.41, 5.74) is 12.9. The van der Waals surface area contributed by atoms with Gasteiger partial charge in [0, 0.05) is 31.2 Å². The lowest BCUT2D eigenvalue weighted by Gasteiger charge is -2.32. The van der Waals surface area contributed by atoms with Crippen LogP contribution in [0.4, 0.5) is 23.0 Å². The van der Waals surface area contributed by atoms with Crippen LogP contribution in [0.2, 0.25) is 0 Å². The van der Waals surface area contributed by atoms with Crippen molar-refractivity contribution in [2.75, 3.05) is 42.9 Å². The van der Waals surface area contributed by atoms with Crippen LogP contribution in [0.1, 0.15) is 39.0 Å². The molecule has 0 saturated carbocycles. The van der Waals surface area contributed by atoms with Gasteiger partial charge in [-0.3, -0.25) is 0 Å². The Labute approximate surface area is 220 Å². The van der Waals surface area contributed by atoms with E-state index >= 15 is 0 Å². The Hall–Kier alpha value is -1.39. The molecule has 0 amide bonds. The number of nitrogens with zero attached hydrogens (tertiary/aromatic N) is 5. The Kier molecular flexibility index (Phi) is 16.4. The molecule has 0 spiro atoms. The minimum Gasteiger partial charge on any atom is -1.00 e. The first-order valence-electron chi connectivity index (χ1n) is 11.4. The van der Waals surface area contributed by atoms with E-state index in [9.17, 15) is 0 Å². The topological polar surface area (TPSA) is 102 Å². The molecule has 0 saturated heterocycles. The molecule has 0 fully saturated rings. The quantitative estimate of drug-likeness (QED) is 0.136. The van der Waals surface area contributed by atoms with Gasteiger partial charge < -0.3 is 63.5 Å². The van der Waals surface area contributed by atoms with Gasteiger partial charge >= 0.3 is 5.95 Å². The van der Waals surface area contributed by atoms with Crippen molar-refractivity contribution in [2.45, 2.75) is 52.1 Å². The van der Waals surface area contributed by atoms with Gasteiger partial charge in [0.25, 0.3) is 0 Å². The summed E-state index contributed by atoms with van der Waals surface area (Å²) in [4.78, 5) is 2.48. The number of benzene rings is 1. The largest absolute Gasteiger partial charge is 1.00 e. The van der Waals surface area contributed by atoms with E-state index in [0.717, 1.165) is 69.4 Å². The number of halogens is 3. The van der Waals surface area contributed by atoms with Crippen molar-refractivity contribution in [3.8, 4) is 0 Å². The average molecular weight is 565 g/mol. The third-order valence-corrected chi connectivity index (χ3v) is 5.50. The average Bonchev–Trinajstić information content (AvgIpc) is 3.16. The summed E-state index contributed by atoms with van der Waals surface area (Å²) in [7, 11) is 0. The van der Waals surface area contributed by atoms with Crippen LogP contribution in [0.5, 0.6) is 0 Å².